The molecule has 3 rings (SSSR count). The molecule has 0 radical (unpaired) electrons. The minimum atomic E-state index is 0.380. The zero-order valence-corrected chi connectivity index (χ0v) is 13.2. The minimum Gasteiger partial charge on any atom is -0.299 e. The lowest BCUT2D eigenvalue weighted by Gasteiger charge is -2.43. The molecule has 3 aliphatic rings. The van der Waals surface area contributed by atoms with Crippen molar-refractivity contribution in [1.82, 2.24) is 4.90 Å². The normalized spacial score (nSPS) is 40.1. The monoisotopic (exact) mass is 277 g/mol. The van der Waals surface area contributed by atoms with Crippen LogP contribution >= 0.6 is 0 Å². The summed E-state index contributed by atoms with van der Waals surface area (Å²) in [7, 11) is 0. The molecule has 0 amide bonds. The summed E-state index contributed by atoms with van der Waals surface area (Å²) in [5.74, 6) is 1.85. The third-order valence-electron chi connectivity index (χ3n) is 6.23. The van der Waals surface area contributed by atoms with Crippen LogP contribution < -0.4 is 0 Å². The van der Waals surface area contributed by atoms with Gasteiger partial charge in [0.05, 0.1) is 0 Å². The Bertz CT molecular complexity index is 340. The van der Waals surface area contributed by atoms with E-state index in [0.29, 0.717) is 17.7 Å². The van der Waals surface area contributed by atoms with Gasteiger partial charge in [0.25, 0.3) is 0 Å². The van der Waals surface area contributed by atoms with Crippen molar-refractivity contribution in [1.29, 1.82) is 0 Å². The standard InChI is InChI=1S/C18H31NO/c1-2-14-8-3-5-10-16(14)19-13-7-11-17(19)15-9-4-6-12-18(15)20/h14-17H,2-13H2,1H3. The fraction of sp³-hybridized carbons (Fsp3) is 0.944. The van der Waals surface area contributed by atoms with Crippen LogP contribution in [-0.4, -0.2) is 29.3 Å². The summed E-state index contributed by atoms with van der Waals surface area (Å²) in [6.07, 6.45) is 14.0. The second-order valence-corrected chi connectivity index (χ2v) is 7.29. The number of hydrogen-bond donors (Lipinski definition) is 0. The quantitative estimate of drug-likeness (QED) is 0.771. The van der Waals surface area contributed by atoms with Crippen molar-refractivity contribution in [2.24, 2.45) is 11.8 Å². The summed E-state index contributed by atoms with van der Waals surface area (Å²) in [6.45, 7) is 3.62. The van der Waals surface area contributed by atoms with E-state index in [4.69, 9.17) is 0 Å². The molecule has 1 aliphatic heterocycles. The summed E-state index contributed by atoms with van der Waals surface area (Å²) < 4.78 is 0. The summed E-state index contributed by atoms with van der Waals surface area (Å²) in [6, 6.07) is 1.39. The second kappa shape index (κ2) is 6.60. The molecule has 1 heterocycles. The smallest absolute Gasteiger partial charge is 0.137 e. The molecule has 0 bridgehead atoms. The lowest BCUT2D eigenvalue weighted by Crippen LogP contribution is -2.49. The van der Waals surface area contributed by atoms with Gasteiger partial charge in [-0.15, -0.1) is 0 Å². The first-order valence-corrected chi connectivity index (χ1v) is 9.09. The minimum absolute atomic E-state index is 0.380. The van der Waals surface area contributed by atoms with Gasteiger partial charge in [0.2, 0.25) is 0 Å². The molecule has 4 atom stereocenters. The summed E-state index contributed by atoms with van der Waals surface area (Å²) in [5, 5.41) is 0. The van der Waals surface area contributed by atoms with Crippen LogP contribution in [-0.2, 0) is 4.79 Å². The molecule has 2 heteroatoms. The van der Waals surface area contributed by atoms with E-state index in [1.54, 1.807) is 0 Å². The van der Waals surface area contributed by atoms with Gasteiger partial charge in [0.15, 0.2) is 0 Å². The molecule has 20 heavy (non-hydrogen) atoms. The van der Waals surface area contributed by atoms with Crippen molar-refractivity contribution < 1.29 is 4.79 Å². The highest BCUT2D eigenvalue weighted by atomic mass is 16.1. The molecular formula is C18H31NO. The third kappa shape index (κ3) is 2.81. The Morgan fingerprint density at radius 1 is 0.950 bits per heavy atom. The van der Waals surface area contributed by atoms with Gasteiger partial charge in [-0.25, -0.2) is 0 Å². The lowest BCUT2D eigenvalue weighted by atomic mass is 9.78. The maximum Gasteiger partial charge on any atom is 0.137 e. The molecular weight excluding hydrogens is 246 g/mol. The molecule has 2 aliphatic carbocycles. The van der Waals surface area contributed by atoms with Crippen molar-refractivity contribution in [3.63, 3.8) is 0 Å². The zero-order valence-electron chi connectivity index (χ0n) is 13.2. The first-order valence-electron chi connectivity index (χ1n) is 9.09. The molecule has 0 aromatic heterocycles. The van der Waals surface area contributed by atoms with Gasteiger partial charge in [-0.2, -0.15) is 0 Å². The number of carbonyl (C=O) groups is 1. The van der Waals surface area contributed by atoms with E-state index in [1.807, 2.05) is 0 Å². The zero-order chi connectivity index (χ0) is 13.9. The van der Waals surface area contributed by atoms with E-state index in [2.05, 4.69) is 11.8 Å². The number of likely N-dealkylation sites (tertiary alicyclic amines) is 1. The fourth-order valence-corrected chi connectivity index (χ4v) is 5.18. The number of Topliss-reactive ketones (excluding diaryl/α,β-unsaturated/α-hetero) is 1. The highest BCUT2D eigenvalue weighted by molar-refractivity contribution is 5.82. The Morgan fingerprint density at radius 2 is 1.70 bits per heavy atom. The van der Waals surface area contributed by atoms with Crippen LogP contribution in [0.4, 0.5) is 0 Å². The average molecular weight is 277 g/mol. The number of carbonyl (C=O) groups excluding carboxylic acids is 1. The van der Waals surface area contributed by atoms with Crippen molar-refractivity contribution >= 4 is 5.78 Å². The molecule has 1 saturated heterocycles. The Kier molecular flexibility index (Phi) is 4.80. The molecule has 2 nitrogen and oxygen atoms in total. The molecule has 3 fully saturated rings. The molecule has 2 saturated carbocycles. The van der Waals surface area contributed by atoms with E-state index in [-0.39, 0.29) is 0 Å². The second-order valence-electron chi connectivity index (χ2n) is 7.29. The largest absolute Gasteiger partial charge is 0.299 e. The van der Waals surface area contributed by atoms with Gasteiger partial charge in [-0.05, 0) is 51.0 Å². The molecule has 0 aromatic carbocycles. The van der Waals surface area contributed by atoms with Crippen LogP contribution in [0, 0.1) is 11.8 Å². The number of hydrogen-bond acceptors (Lipinski definition) is 2. The van der Waals surface area contributed by atoms with E-state index >= 15 is 0 Å². The molecule has 0 aromatic rings. The van der Waals surface area contributed by atoms with Gasteiger partial charge in [-0.3, -0.25) is 9.69 Å². The van der Waals surface area contributed by atoms with Gasteiger partial charge in [0, 0.05) is 24.4 Å². The number of ketones is 1. The van der Waals surface area contributed by atoms with Gasteiger partial charge >= 0.3 is 0 Å². The molecule has 0 N–H and O–H groups in total. The van der Waals surface area contributed by atoms with E-state index in [0.717, 1.165) is 24.8 Å². The van der Waals surface area contributed by atoms with E-state index in [9.17, 15) is 4.79 Å². The summed E-state index contributed by atoms with van der Waals surface area (Å²) >= 11 is 0. The van der Waals surface area contributed by atoms with Crippen LogP contribution in [0.5, 0.6) is 0 Å². The first-order chi connectivity index (χ1) is 9.81. The van der Waals surface area contributed by atoms with Crippen LogP contribution in [0.1, 0.15) is 77.6 Å². The topological polar surface area (TPSA) is 20.3 Å². The van der Waals surface area contributed by atoms with Gasteiger partial charge in [0.1, 0.15) is 5.78 Å². The maximum absolute atomic E-state index is 12.3. The Balaban J connectivity index is 1.72. The highest BCUT2D eigenvalue weighted by Gasteiger charge is 2.41. The van der Waals surface area contributed by atoms with E-state index in [1.165, 1.54) is 64.3 Å². The SMILES string of the molecule is CCC1CCCCC1N1CCCC1C1CCCCC1=O. The Hall–Kier alpha value is -0.370. The highest BCUT2D eigenvalue weighted by Crippen LogP contribution is 2.39. The van der Waals surface area contributed by atoms with Gasteiger partial charge in [-0.1, -0.05) is 32.6 Å². The van der Waals surface area contributed by atoms with Crippen LogP contribution in [0.15, 0.2) is 0 Å². The third-order valence-corrected chi connectivity index (χ3v) is 6.23. The number of rotatable bonds is 3. The van der Waals surface area contributed by atoms with E-state index < -0.39 is 0 Å². The van der Waals surface area contributed by atoms with Gasteiger partial charge < -0.3 is 0 Å². The molecule has 0 spiro atoms. The lowest BCUT2D eigenvalue weighted by molar-refractivity contribution is -0.127. The first kappa shape index (κ1) is 14.6. The van der Waals surface area contributed by atoms with Crippen molar-refractivity contribution in [3.8, 4) is 0 Å². The van der Waals surface area contributed by atoms with Crippen molar-refractivity contribution in [2.75, 3.05) is 6.54 Å². The van der Waals surface area contributed by atoms with Crippen LogP contribution in [0.3, 0.4) is 0 Å². The predicted octanol–water partition coefficient (Wildman–Crippen LogP) is 4.18. The van der Waals surface area contributed by atoms with Crippen LogP contribution in [0.25, 0.3) is 0 Å². The maximum atomic E-state index is 12.3. The summed E-state index contributed by atoms with van der Waals surface area (Å²) in [5.41, 5.74) is 0. The van der Waals surface area contributed by atoms with Crippen molar-refractivity contribution in [2.45, 2.75) is 89.6 Å². The average Bonchev–Trinajstić information content (AvgIpc) is 2.96. The Morgan fingerprint density at radius 3 is 2.50 bits per heavy atom. The Labute approximate surface area is 124 Å². The van der Waals surface area contributed by atoms with Crippen LogP contribution in [0.2, 0.25) is 0 Å². The molecule has 4 unspecified atom stereocenters. The fourth-order valence-electron chi connectivity index (χ4n) is 5.18. The summed E-state index contributed by atoms with van der Waals surface area (Å²) in [4.78, 5) is 15.1. The molecule has 114 valence electrons. The predicted molar refractivity (Wildman–Crippen MR) is 82.7 cm³/mol. The van der Waals surface area contributed by atoms with Crippen molar-refractivity contribution in [3.05, 3.63) is 0 Å². The number of nitrogens with zero attached hydrogens (tertiary/aromatic N) is 1.